The molecule has 0 aliphatic heterocycles. The van der Waals surface area contributed by atoms with Gasteiger partial charge in [-0.2, -0.15) is 0 Å². The molecule has 0 aromatic carbocycles. The van der Waals surface area contributed by atoms with E-state index in [0.717, 1.165) is 43.3 Å². The molecule has 20 heavy (non-hydrogen) atoms. The van der Waals surface area contributed by atoms with E-state index in [1.165, 1.54) is 32.1 Å². The Morgan fingerprint density at radius 1 is 1.00 bits per heavy atom. The zero-order valence-electron chi connectivity index (χ0n) is 13.1. The second-order valence-electron chi connectivity index (χ2n) is 7.37. The molecule has 0 heterocycles. The molecule has 116 valence electrons. The average molecular weight is 281 g/mol. The van der Waals surface area contributed by atoms with Crippen molar-refractivity contribution in [2.45, 2.75) is 58.2 Å². The number of ether oxygens (including phenoxy) is 1. The summed E-state index contributed by atoms with van der Waals surface area (Å²) in [6.45, 7) is 7.59. The highest BCUT2D eigenvalue weighted by Gasteiger charge is 2.48. The van der Waals surface area contributed by atoms with Gasteiger partial charge in [0, 0.05) is 6.54 Å². The Morgan fingerprint density at radius 3 is 2.05 bits per heavy atom. The molecule has 0 amide bonds. The smallest absolute Gasteiger partial charge is 0.0900 e. The lowest BCUT2D eigenvalue weighted by Crippen LogP contribution is -2.50. The summed E-state index contributed by atoms with van der Waals surface area (Å²) in [5.74, 6) is 3.59. The Balaban J connectivity index is 1.46. The van der Waals surface area contributed by atoms with E-state index < -0.39 is 0 Å². The number of rotatable bonds is 7. The van der Waals surface area contributed by atoms with Gasteiger partial charge in [0.1, 0.15) is 0 Å². The van der Waals surface area contributed by atoms with Gasteiger partial charge in [-0.1, -0.05) is 13.8 Å². The second-order valence-corrected chi connectivity index (χ2v) is 7.37. The van der Waals surface area contributed by atoms with Crippen LogP contribution in [-0.4, -0.2) is 48.5 Å². The minimum Gasteiger partial charge on any atom is -0.389 e. The highest BCUT2D eigenvalue weighted by molar-refractivity contribution is 4.99. The first-order chi connectivity index (χ1) is 9.69. The van der Waals surface area contributed by atoms with Crippen LogP contribution in [0.5, 0.6) is 0 Å². The molecule has 4 saturated carbocycles. The summed E-state index contributed by atoms with van der Waals surface area (Å²) in [4.78, 5) is 2.27. The summed E-state index contributed by atoms with van der Waals surface area (Å²) >= 11 is 0. The fourth-order valence-electron chi connectivity index (χ4n) is 5.20. The van der Waals surface area contributed by atoms with Gasteiger partial charge >= 0.3 is 0 Å². The maximum atomic E-state index is 10.2. The predicted octanol–water partition coefficient (Wildman–Crippen LogP) is 2.53. The van der Waals surface area contributed by atoms with Gasteiger partial charge in [0.15, 0.2) is 0 Å². The molecule has 0 radical (unpaired) electrons. The molecule has 4 aliphatic rings. The van der Waals surface area contributed by atoms with Crippen molar-refractivity contribution in [3.63, 3.8) is 0 Å². The lowest BCUT2D eigenvalue weighted by Gasteiger charge is -2.54. The van der Waals surface area contributed by atoms with Crippen LogP contribution in [0, 0.1) is 23.7 Å². The molecule has 1 atom stereocenters. The molecular weight excluding hydrogens is 250 g/mol. The van der Waals surface area contributed by atoms with E-state index in [1.54, 1.807) is 0 Å². The van der Waals surface area contributed by atoms with Crippen LogP contribution in [0.1, 0.15) is 46.0 Å². The van der Waals surface area contributed by atoms with Crippen molar-refractivity contribution in [3.8, 4) is 0 Å². The van der Waals surface area contributed by atoms with Crippen molar-refractivity contribution in [1.82, 2.24) is 4.90 Å². The Labute approximate surface area is 123 Å². The van der Waals surface area contributed by atoms with Gasteiger partial charge in [0.05, 0.1) is 18.8 Å². The number of aliphatic hydroxyl groups excluding tert-OH is 1. The number of hydrogen-bond acceptors (Lipinski definition) is 3. The molecule has 1 N–H and O–H groups in total. The normalized spacial score (nSPS) is 40.5. The molecule has 0 unspecified atom stereocenters. The number of nitrogens with zero attached hydrogens (tertiary/aromatic N) is 1. The van der Waals surface area contributed by atoms with Crippen LogP contribution in [0.25, 0.3) is 0 Å². The summed E-state index contributed by atoms with van der Waals surface area (Å²) in [5, 5.41) is 10.2. The summed E-state index contributed by atoms with van der Waals surface area (Å²) in [6.07, 6.45) is 7.19. The van der Waals surface area contributed by atoms with Gasteiger partial charge in [-0.25, -0.2) is 0 Å². The van der Waals surface area contributed by atoms with Crippen LogP contribution in [0.15, 0.2) is 0 Å². The van der Waals surface area contributed by atoms with Crippen molar-refractivity contribution in [3.05, 3.63) is 0 Å². The summed E-state index contributed by atoms with van der Waals surface area (Å²) in [7, 11) is 0. The van der Waals surface area contributed by atoms with Gasteiger partial charge in [0.25, 0.3) is 0 Å². The molecule has 3 nitrogen and oxygen atoms in total. The van der Waals surface area contributed by atoms with Gasteiger partial charge < -0.3 is 14.7 Å². The summed E-state index contributed by atoms with van der Waals surface area (Å²) in [6, 6.07) is 0. The molecule has 4 rings (SSSR count). The Morgan fingerprint density at radius 2 is 1.55 bits per heavy atom. The van der Waals surface area contributed by atoms with E-state index in [-0.39, 0.29) is 6.10 Å². The van der Waals surface area contributed by atoms with Crippen molar-refractivity contribution < 1.29 is 9.84 Å². The fourth-order valence-corrected chi connectivity index (χ4v) is 5.20. The third kappa shape index (κ3) is 3.05. The second kappa shape index (κ2) is 6.33. The zero-order valence-corrected chi connectivity index (χ0v) is 13.1. The van der Waals surface area contributed by atoms with E-state index in [9.17, 15) is 5.11 Å². The molecule has 0 spiro atoms. The van der Waals surface area contributed by atoms with Gasteiger partial charge in [-0.15, -0.1) is 0 Å². The van der Waals surface area contributed by atoms with Crippen LogP contribution in [0.3, 0.4) is 0 Å². The molecule has 4 aliphatic carbocycles. The molecule has 0 aromatic heterocycles. The van der Waals surface area contributed by atoms with Crippen molar-refractivity contribution in [1.29, 1.82) is 0 Å². The Bertz CT molecular complexity index is 288. The summed E-state index contributed by atoms with van der Waals surface area (Å²) < 4.78 is 6.19. The monoisotopic (exact) mass is 281 g/mol. The van der Waals surface area contributed by atoms with Gasteiger partial charge in [0.2, 0.25) is 0 Å². The minimum absolute atomic E-state index is 0.327. The third-order valence-corrected chi connectivity index (χ3v) is 5.98. The van der Waals surface area contributed by atoms with Crippen LogP contribution in [0.2, 0.25) is 0 Å². The lowest BCUT2D eigenvalue weighted by molar-refractivity contribution is -0.141. The first kappa shape index (κ1) is 14.8. The average Bonchev–Trinajstić information content (AvgIpc) is 2.43. The first-order valence-electron chi connectivity index (χ1n) is 8.71. The predicted molar refractivity (Wildman–Crippen MR) is 80.6 cm³/mol. The van der Waals surface area contributed by atoms with Crippen LogP contribution in [-0.2, 0) is 4.74 Å². The Kier molecular flexibility index (Phi) is 4.68. The van der Waals surface area contributed by atoms with Gasteiger partial charge in [-0.05, 0) is 68.9 Å². The largest absolute Gasteiger partial charge is 0.389 e. The van der Waals surface area contributed by atoms with Crippen molar-refractivity contribution >= 4 is 0 Å². The maximum absolute atomic E-state index is 10.2. The lowest BCUT2D eigenvalue weighted by atomic mass is 9.55. The van der Waals surface area contributed by atoms with Crippen molar-refractivity contribution in [2.75, 3.05) is 26.2 Å². The number of hydrogen-bond donors (Lipinski definition) is 1. The standard InChI is InChI=1S/C17H31NO2/c1-3-18(4-2)10-16(19)11-20-17-14-6-12-5-13(8-14)9-15(17)7-12/h12-17,19H,3-11H2,1-2H3/t12?,13?,14?,15?,16-,17?/m1/s1. The molecule has 0 aromatic rings. The van der Waals surface area contributed by atoms with E-state index in [4.69, 9.17) is 4.74 Å². The fraction of sp³-hybridized carbons (Fsp3) is 1.00. The van der Waals surface area contributed by atoms with Crippen LogP contribution >= 0.6 is 0 Å². The number of likely N-dealkylation sites (N-methyl/N-ethyl adjacent to an activating group) is 1. The molecule has 3 heteroatoms. The molecule has 4 fully saturated rings. The quantitative estimate of drug-likeness (QED) is 0.778. The molecule has 4 bridgehead atoms. The Hall–Kier alpha value is -0.120. The first-order valence-corrected chi connectivity index (χ1v) is 8.71. The third-order valence-electron chi connectivity index (χ3n) is 5.98. The highest BCUT2D eigenvalue weighted by Crippen LogP contribution is 2.54. The van der Waals surface area contributed by atoms with Crippen molar-refractivity contribution in [2.24, 2.45) is 23.7 Å². The highest BCUT2D eigenvalue weighted by atomic mass is 16.5. The molecule has 0 saturated heterocycles. The van der Waals surface area contributed by atoms with E-state index >= 15 is 0 Å². The van der Waals surface area contributed by atoms with E-state index in [0.29, 0.717) is 12.7 Å². The maximum Gasteiger partial charge on any atom is 0.0900 e. The van der Waals surface area contributed by atoms with Crippen LogP contribution < -0.4 is 0 Å². The van der Waals surface area contributed by atoms with E-state index in [2.05, 4.69) is 18.7 Å². The van der Waals surface area contributed by atoms with Gasteiger partial charge in [-0.3, -0.25) is 0 Å². The van der Waals surface area contributed by atoms with Crippen LogP contribution in [0.4, 0.5) is 0 Å². The summed E-state index contributed by atoms with van der Waals surface area (Å²) in [5.41, 5.74) is 0. The van der Waals surface area contributed by atoms with E-state index in [1.807, 2.05) is 0 Å². The zero-order chi connectivity index (χ0) is 14.1. The topological polar surface area (TPSA) is 32.7 Å². The molecular formula is C17H31NO2. The minimum atomic E-state index is -0.327. The SMILES string of the molecule is CCN(CC)C[C@@H](O)COC1C2CC3CC(C2)CC1C3. The number of aliphatic hydroxyl groups is 1.